The van der Waals surface area contributed by atoms with E-state index < -0.39 is 0 Å². The van der Waals surface area contributed by atoms with Crippen molar-refractivity contribution in [3.05, 3.63) is 89.7 Å². The van der Waals surface area contributed by atoms with Gasteiger partial charge in [-0.05, 0) is 60.2 Å². The van der Waals surface area contributed by atoms with Crippen LogP contribution in [0.1, 0.15) is 15.9 Å². The molecule has 4 heteroatoms. The van der Waals surface area contributed by atoms with Crippen molar-refractivity contribution in [3.63, 3.8) is 0 Å². The molecule has 1 heterocycles. The number of para-hydroxylation sites is 1. The third kappa shape index (κ3) is 3.17. The standard InChI is InChI=1S/C22H16O4/c1-24-16-9-11-17(12-10-16)25-18-6-4-5-15(13-18)14-21-22(23)19-7-2-3-8-20(19)26-21/h2-14H,1H3. The maximum atomic E-state index is 12.4. The van der Waals surface area contributed by atoms with Crippen molar-refractivity contribution >= 4 is 11.9 Å². The van der Waals surface area contributed by atoms with E-state index in [9.17, 15) is 4.79 Å². The number of hydrogen-bond donors (Lipinski definition) is 0. The van der Waals surface area contributed by atoms with Gasteiger partial charge in [-0.1, -0.05) is 24.3 Å². The van der Waals surface area contributed by atoms with Gasteiger partial charge in [-0.25, -0.2) is 0 Å². The molecule has 0 saturated carbocycles. The molecule has 0 bridgehead atoms. The lowest BCUT2D eigenvalue weighted by molar-refractivity contribution is 0.101. The quantitative estimate of drug-likeness (QED) is 0.617. The number of hydrogen-bond acceptors (Lipinski definition) is 4. The summed E-state index contributed by atoms with van der Waals surface area (Å²) in [5, 5.41) is 0. The monoisotopic (exact) mass is 344 g/mol. The van der Waals surface area contributed by atoms with Gasteiger partial charge in [0.25, 0.3) is 0 Å². The predicted molar refractivity (Wildman–Crippen MR) is 98.9 cm³/mol. The maximum Gasteiger partial charge on any atom is 0.231 e. The predicted octanol–water partition coefficient (Wildman–Crippen LogP) is 5.10. The lowest BCUT2D eigenvalue weighted by Gasteiger charge is -2.07. The summed E-state index contributed by atoms with van der Waals surface area (Å²) < 4.78 is 16.7. The molecule has 0 aliphatic carbocycles. The maximum absolute atomic E-state index is 12.4. The fraction of sp³-hybridized carbons (Fsp3) is 0.0455. The summed E-state index contributed by atoms with van der Waals surface area (Å²) in [6, 6.07) is 22.1. The van der Waals surface area contributed by atoms with Gasteiger partial charge < -0.3 is 14.2 Å². The van der Waals surface area contributed by atoms with E-state index in [1.807, 2.05) is 60.7 Å². The van der Waals surface area contributed by atoms with Crippen molar-refractivity contribution in [2.45, 2.75) is 0 Å². The highest BCUT2D eigenvalue weighted by molar-refractivity contribution is 6.14. The second kappa shape index (κ2) is 6.76. The van der Waals surface area contributed by atoms with Crippen LogP contribution >= 0.6 is 0 Å². The van der Waals surface area contributed by atoms with Gasteiger partial charge in [0.05, 0.1) is 12.7 Å². The first kappa shape index (κ1) is 16.0. The summed E-state index contributed by atoms with van der Waals surface area (Å²) in [7, 11) is 1.62. The Balaban J connectivity index is 1.55. The Bertz CT molecular complexity index is 987. The molecule has 4 nitrogen and oxygen atoms in total. The number of Topliss-reactive ketones (excluding diaryl/α,β-unsaturated/α-hetero) is 1. The number of methoxy groups -OCH3 is 1. The number of ketones is 1. The van der Waals surface area contributed by atoms with E-state index in [4.69, 9.17) is 14.2 Å². The van der Waals surface area contributed by atoms with Gasteiger partial charge >= 0.3 is 0 Å². The number of benzene rings is 3. The zero-order chi connectivity index (χ0) is 17.9. The first-order valence-electron chi connectivity index (χ1n) is 8.18. The molecule has 128 valence electrons. The van der Waals surface area contributed by atoms with Crippen molar-refractivity contribution in [2.24, 2.45) is 0 Å². The van der Waals surface area contributed by atoms with Crippen LogP contribution in [0.5, 0.6) is 23.0 Å². The van der Waals surface area contributed by atoms with Crippen LogP contribution in [-0.4, -0.2) is 12.9 Å². The number of carbonyl (C=O) groups is 1. The smallest absolute Gasteiger partial charge is 0.231 e. The molecule has 0 unspecified atom stereocenters. The molecule has 4 rings (SSSR count). The highest BCUT2D eigenvalue weighted by Crippen LogP contribution is 2.32. The van der Waals surface area contributed by atoms with Gasteiger partial charge in [0.15, 0.2) is 5.76 Å². The molecule has 0 atom stereocenters. The topological polar surface area (TPSA) is 44.8 Å². The average Bonchev–Trinajstić information content (AvgIpc) is 2.99. The first-order valence-corrected chi connectivity index (χ1v) is 8.18. The average molecular weight is 344 g/mol. The van der Waals surface area contributed by atoms with Crippen LogP contribution in [0.4, 0.5) is 0 Å². The molecule has 0 saturated heterocycles. The van der Waals surface area contributed by atoms with Gasteiger partial charge in [0.1, 0.15) is 23.0 Å². The van der Waals surface area contributed by atoms with E-state index in [1.54, 1.807) is 25.3 Å². The minimum atomic E-state index is -0.109. The van der Waals surface area contributed by atoms with Crippen LogP contribution in [-0.2, 0) is 0 Å². The summed E-state index contributed by atoms with van der Waals surface area (Å²) in [6.07, 6.45) is 1.73. The van der Waals surface area contributed by atoms with Crippen LogP contribution in [0.15, 0.2) is 78.6 Å². The molecule has 26 heavy (non-hydrogen) atoms. The van der Waals surface area contributed by atoms with E-state index in [2.05, 4.69) is 0 Å². The fourth-order valence-electron chi connectivity index (χ4n) is 2.73. The fourth-order valence-corrected chi connectivity index (χ4v) is 2.73. The van der Waals surface area contributed by atoms with Crippen molar-refractivity contribution in [1.29, 1.82) is 0 Å². The van der Waals surface area contributed by atoms with Crippen molar-refractivity contribution in [2.75, 3.05) is 7.11 Å². The molecular formula is C22H16O4. The number of fused-ring (bicyclic) bond motifs is 1. The van der Waals surface area contributed by atoms with Gasteiger partial charge in [-0.15, -0.1) is 0 Å². The minimum absolute atomic E-state index is 0.109. The first-order chi connectivity index (χ1) is 12.7. The normalized spacial score (nSPS) is 14.0. The Morgan fingerprint density at radius 3 is 2.38 bits per heavy atom. The molecule has 3 aromatic rings. The SMILES string of the molecule is COc1ccc(Oc2cccc(C=C3Oc4ccccc4C3=O)c2)cc1. The summed E-state index contributed by atoms with van der Waals surface area (Å²) >= 11 is 0. The lowest BCUT2D eigenvalue weighted by Crippen LogP contribution is -1.98. The number of carbonyl (C=O) groups excluding carboxylic acids is 1. The highest BCUT2D eigenvalue weighted by Gasteiger charge is 2.26. The molecule has 1 aliphatic rings. The molecule has 0 aromatic heterocycles. The molecule has 3 aromatic carbocycles. The molecular weight excluding hydrogens is 328 g/mol. The van der Waals surface area contributed by atoms with Crippen LogP contribution < -0.4 is 14.2 Å². The summed E-state index contributed by atoms with van der Waals surface area (Å²) in [6.45, 7) is 0. The van der Waals surface area contributed by atoms with E-state index in [1.165, 1.54) is 0 Å². The Labute approximate surface area is 151 Å². The zero-order valence-corrected chi connectivity index (χ0v) is 14.1. The Hall–Kier alpha value is -3.53. The second-order valence-electron chi connectivity index (χ2n) is 5.79. The molecule has 0 spiro atoms. The Morgan fingerprint density at radius 2 is 1.62 bits per heavy atom. The molecule has 0 amide bonds. The lowest BCUT2D eigenvalue weighted by atomic mass is 10.1. The van der Waals surface area contributed by atoms with Crippen molar-refractivity contribution < 1.29 is 19.0 Å². The van der Waals surface area contributed by atoms with Crippen LogP contribution in [0.3, 0.4) is 0 Å². The van der Waals surface area contributed by atoms with Gasteiger partial charge in [-0.3, -0.25) is 4.79 Å². The van der Waals surface area contributed by atoms with Crippen LogP contribution in [0.25, 0.3) is 6.08 Å². The summed E-state index contributed by atoms with van der Waals surface area (Å²) in [4.78, 5) is 12.4. The Morgan fingerprint density at radius 1 is 0.846 bits per heavy atom. The van der Waals surface area contributed by atoms with Crippen molar-refractivity contribution in [1.82, 2.24) is 0 Å². The minimum Gasteiger partial charge on any atom is -0.497 e. The number of ether oxygens (including phenoxy) is 3. The van der Waals surface area contributed by atoms with E-state index >= 15 is 0 Å². The van der Waals surface area contributed by atoms with E-state index in [0.717, 1.165) is 11.3 Å². The second-order valence-corrected chi connectivity index (χ2v) is 5.79. The molecule has 0 radical (unpaired) electrons. The summed E-state index contributed by atoms with van der Waals surface area (Å²) in [5.41, 5.74) is 1.41. The zero-order valence-electron chi connectivity index (χ0n) is 14.1. The van der Waals surface area contributed by atoms with Crippen LogP contribution in [0, 0.1) is 0 Å². The van der Waals surface area contributed by atoms with Gasteiger partial charge in [0.2, 0.25) is 5.78 Å². The number of allylic oxidation sites excluding steroid dienone is 1. The van der Waals surface area contributed by atoms with E-state index in [0.29, 0.717) is 28.6 Å². The van der Waals surface area contributed by atoms with Gasteiger partial charge in [-0.2, -0.15) is 0 Å². The third-order valence-corrected chi connectivity index (χ3v) is 4.03. The van der Waals surface area contributed by atoms with Gasteiger partial charge in [0, 0.05) is 0 Å². The van der Waals surface area contributed by atoms with E-state index in [-0.39, 0.29) is 5.78 Å². The highest BCUT2D eigenvalue weighted by atomic mass is 16.5. The number of rotatable bonds is 4. The Kier molecular flexibility index (Phi) is 4.15. The largest absolute Gasteiger partial charge is 0.497 e. The van der Waals surface area contributed by atoms with Crippen molar-refractivity contribution in [3.8, 4) is 23.0 Å². The third-order valence-electron chi connectivity index (χ3n) is 4.03. The molecule has 1 aliphatic heterocycles. The summed E-state index contributed by atoms with van der Waals surface area (Å²) in [5.74, 6) is 2.94. The molecule has 0 fully saturated rings. The molecule has 0 N–H and O–H groups in total. The van der Waals surface area contributed by atoms with Crippen LogP contribution in [0.2, 0.25) is 0 Å².